The van der Waals surface area contributed by atoms with Crippen LogP contribution in [0.3, 0.4) is 0 Å². The van der Waals surface area contributed by atoms with Crippen LogP contribution in [0.15, 0.2) is 267 Å². The van der Waals surface area contributed by atoms with E-state index in [-0.39, 0.29) is 5.41 Å². The summed E-state index contributed by atoms with van der Waals surface area (Å²) in [5, 5.41) is 0. The second-order valence-electron chi connectivity index (χ2n) is 33.8. The Morgan fingerprint density at radius 3 is 1.01 bits per heavy atom. The van der Waals surface area contributed by atoms with Gasteiger partial charge in [-0.15, -0.1) is 6.42 Å². The molecule has 0 radical (unpaired) electrons. The summed E-state index contributed by atoms with van der Waals surface area (Å²) in [5.41, 5.74) is 27.6. The minimum Gasteiger partial charge on any atom is -0.497 e. The normalized spacial score (nSPS) is 12.9. The summed E-state index contributed by atoms with van der Waals surface area (Å²) in [6.07, 6.45) is 41.2. The van der Waals surface area contributed by atoms with Crippen molar-refractivity contribution in [3.05, 3.63) is 311 Å². The number of hydrogen-bond donors (Lipinski definition) is 0. The Labute approximate surface area is 741 Å². The van der Waals surface area contributed by atoms with Gasteiger partial charge in [-0.3, -0.25) is 0 Å². The molecule has 0 fully saturated rings. The zero-order chi connectivity index (χ0) is 85.7. The first-order chi connectivity index (χ1) is 61.1. The number of benzene rings is 12. The average Bonchev–Trinajstić information content (AvgIpc) is 1.57. The average molecular weight is 1630 g/mol. The van der Waals surface area contributed by atoms with Gasteiger partial charge in [-0.25, -0.2) is 0 Å². The highest BCUT2D eigenvalue weighted by Crippen LogP contribution is 2.60. The maximum atomic E-state index is 6.68. The lowest BCUT2D eigenvalue weighted by atomic mass is 9.67. The summed E-state index contributed by atoms with van der Waals surface area (Å²) in [7, 11) is 3.42. The second kappa shape index (κ2) is 43.8. The molecule has 0 aliphatic heterocycles. The first kappa shape index (κ1) is 87.6. The molecule has 2 aliphatic carbocycles. The number of aryl methyl sites for hydroxylation is 2. The lowest BCUT2D eigenvalue weighted by molar-refractivity contribution is 0.304. The SMILES string of the molecule is C#CC#CC#CC#CC#COc1ccc(C2(c3ccc(OCCCCCCCCCC)cc3)c3cc(-c4ccc(N(c5ccc(OC)cc5)c5ccc(-c6ccc(N(c7ccc(C)cc7)c7ccc(OC)cc7)cc6)cc5)cc4)ccc3-c3ccc(-c4ccc5c(c4)C(CCCCCCCCCC)(CCCCCCCCCC)c4cc(C)ccc4-5)cc32)cc1. The van der Waals surface area contributed by atoms with E-state index in [1.165, 1.54) is 202 Å². The Bertz CT molecular complexity index is 5810. The maximum Gasteiger partial charge on any atom is 0.140 e. The van der Waals surface area contributed by atoms with Gasteiger partial charge in [-0.1, -0.05) is 307 Å². The number of fused-ring (bicyclic) bond motifs is 6. The van der Waals surface area contributed by atoms with Gasteiger partial charge in [0.2, 0.25) is 0 Å². The molecule has 6 heteroatoms. The summed E-state index contributed by atoms with van der Waals surface area (Å²) in [4.78, 5) is 4.61. The van der Waals surface area contributed by atoms with E-state index >= 15 is 0 Å². The third-order valence-corrected chi connectivity index (χ3v) is 25.4. The topological polar surface area (TPSA) is 43.4 Å². The molecule has 12 aromatic carbocycles. The Morgan fingerprint density at radius 2 is 0.589 bits per heavy atom. The molecule has 0 amide bonds. The van der Waals surface area contributed by atoms with Gasteiger partial charge in [0.05, 0.1) is 26.2 Å². The van der Waals surface area contributed by atoms with E-state index in [2.05, 4.69) is 328 Å². The summed E-state index contributed by atoms with van der Waals surface area (Å²) in [6.45, 7) is 12.0. The maximum absolute atomic E-state index is 6.68. The standard InChI is InChI=1S/C118H120N2O4/c1-9-13-17-21-25-29-33-37-81-117(82-38-34-30-26-22-18-14-10-2)113-85-90(6)43-77-109(113)110-78-51-95(86-114(110)117)96-52-80-112-111-79-50-94(87-115(111)118(116(112)88-96,97-53-69-107(70-54-97)123-83-39-35-31-27-23-19-15-11-3)98-55-71-108(72-56-98)124-84-40-36-32-28-24-20-16-12-4)93-48-63-102(64-49-93)120(104-67-75-106(122-8)76-68-104)101-61-46-92(47-62-101)91-44-59-100(60-45-91)119(99-57-41-89(5)42-58-99)103-65-73-105(121-7)74-66-103/h3,41-80,85-88H,9-10,12-14,16-18,20-22,24-26,28-30,32-34,36-38,40,81-82,84H2,1-2,4-8H3. The minimum atomic E-state index is -0.844. The number of unbranched alkanes of at least 4 members (excludes halogenated alkanes) is 21. The first-order valence-electron chi connectivity index (χ1n) is 45.9. The van der Waals surface area contributed by atoms with Crippen molar-refractivity contribution in [3.63, 3.8) is 0 Å². The third-order valence-electron chi connectivity index (χ3n) is 25.4. The molecule has 1 unspecified atom stereocenters. The zero-order valence-electron chi connectivity index (χ0n) is 74.1. The van der Waals surface area contributed by atoms with Crippen LogP contribution in [-0.4, -0.2) is 20.8 Å². The van der Waals surface area contributed by atoms with Gasteiger partial charge in [-0.2, -0.15) is 0 Å². The predicted octanol–water partition coefficient (Wildman–Crippen LogP) is 31.5. The summed E-state index contributed by atoms with van der Waals surface area (Å²) >= 11 is 0. The number of anilines is 6. The monoisotopic (exact) mass is 1630 g/mol. The van der Waals surface area contributed by atoms with E-state index in [0.717, 1.165) is 110 Å². The van der Waals surface area contributed by atoms with Crippen LogP contribution >= 0.6 is 0 Å². The van der Waals surface area contributed by atoms with Gasteiger partial charge in [0.25, 0.3) is 0 Å². The summed E-state index contributed by atoms with van der Waals surface area (Å²) in [5.74, 6) is 24.1. The molecule has 0 saturated carbocycles. The Hall–Kier alpha value is -12.8. The van der Waals surface area contributed by atoms with Crippen LogP contribution in [0.5, 0.6) is 23.0 Å². The fourth-order valence-electron chi connectivity index (χ4n) is 18.8. The van der Waals surface area contributed by atoms with Crippen molar-refractivity contribution < 1.29 is 18.9 Å². The van der Waals surface area contributed by atoms with E-state index in [0.29, 0.717) is 12.4 Å². The van der Waals surface area contributed by atoms with Gasteiger partial charge in [-0.05, 0) is 285 Å². The lowest BCUT2D eigenvalue weighted by Crippen LogP contribution is -2.28. The van der Waals surface area contributed by atoms with Crippen molar-refractivity contribution in [2.75, 3.05) is 30.6 Å². The van der Waals surface area contributed by atoms with Crippen LogP contribution in [0.4, 0.5) is 34.1 Å². The van der Waals surface area contributed by atoms with Crippen LogP contribution in [0, 0.1) is 73.7 Å². The van der Waals surface area contributed by atoms with Crippen LogP contribution in [0.25, 0.3) is 55.6 Å². The number of methoxy groups -OCH3 is 2. The summed E-state index contributed by atoms with van der Waals surface area (Å²) < 4.78 is 24.1. The first-order valence-corrected chi connectivity index (χ1v) is 45.9. The Balaban J connectivity index is 0.852. The molecule has 0 saturated heterocycles. The Morgan fingerprint density at radius 1 is 0.282 bits per heavy atom. The van der Waals surface area contributed by atoms with Crippen molar-refractivity contribution >= 4 is 34.1 Å². The number of nitrogens with zero attached hydrogens (tertiary/aromatic N) is 2. The predicted molar refractivity (Wildman–Crippen MR) is 521 cm³/mol. The quantitative estimate of drug-likeness (QED) is 0.0281. The number of hydrogen-bond acceptors (Lipinski definition) is 6. The zero-order valence-corrected chi connectivity index (χ0v) is 74.1. The fourth-order valence-corrected chi connectivity index (χ4v) is 18.8. The van der Waals surface area contributed by atoms with Crippen LogP contribution in [0.2, 0.25) is 0 Å². The van der Waals surface area contributed by atoms with E-state index < -0.39 is 5.41 Å². The molecule has 2 aliphatic rings. The number of ether oxygens (including phenoxy) is 4. The van der Waals surface area contributed by atoms with E-state index in [4.69, 9.17) is 25.4 Å². The molecule has 0 N–H and O–H groups in total. The van der Waals surface area contributed by atoms with Gasteiger partial charge in [0.15, 0.2) is 0 Å². The molecule has 0 bridgehead atoms. The number of terminal acetylenes is 1. The lowest BCUT2D eigenvalue weighted by Gasteiger charge is -2.35. The van der Waals surface area contributed by atoms with Crippen molar-refractivity contribution in [1.82, 2.24) is 0 Å². The highest BCUT2D eigenvalue weighted by atomic mass is 16.5. The molecule has 0 heterocycles. The van der Waals surface area contributed by atoms with E-state index in [9.17, 15) is 0 Å². The molecular weight excluding hydrogens is 1510 g/mol. The smallest absolute Gasteiger partial charge is 0.140 e. The molecule has 626 valence electrons. The van der Waals surface area contributed by atoms with Crippen molar-refractivity contribution in [2.24, 2.45) is 0 Å². The van der Waals surface area contributed by atoms with Crippen LogP contribution < -0.4 is 28.7 Å². The molecule has 12 aromatic rings. The van der Waals surface area contributed by atoms with Gasteiger partial charge >= 0.3 is 0 Å². The highest BCUT2D eigenvalue weighted by Gasteiger charge is 2.48. The molecular formula is C118H120N2O4. The molecule has 6 nitrogen and oxygen atoms in total. The van der Waals surface area contributed by atoms with Crippen molar-refractivity contribution in [3.8, 4) is 139 Å². The molecule has 124 heavy (non-hydrogen) atoms. The summed E-state index contributed by atoms with van der Waals surface area (Å²) in [6, 6.07) is 99.1. The molecule has 1 atom stereocenters. The van der Waals surface area contributed by atoms with Crippen LogP contribution in [-0.2, 0) is 10.8 Å². The second-order valence-corrected chi connectivity index (χ2v) is 33.8. The third kappa shape index (κ3) is 20.9. The fraction of sp³-hybridized carbons (Fsp3) is 0.305. The van der Waals surface area contributed by atoms with Gasteiger partial charge < -0.3 is 28.7 Å². The van der Waals surface area contributed by atoms with E-state index in [1.54, 1.807) is 19.8 Å². The Kier molecular flexibility index (Phi) is 31.0. The van der Waals surface area contributed by atoms with Gasteiger partial charge in [0, 0.05) is 63.2 Å². The highest BCUT2D eigenvalue weighted by molar-refractivity contribution is 5.92. The van der Waals surface area contributed by atoms with Gasteiger partial charge in [0.1, 0.15) is 29.1 Å². The van der Waals surface area contributed by atoms with Crippen LogP contribution in [0.1, 0.15) is 232 Å². The number of rotatable bonds is 42. The molecule has 0 aromatic heterocycles. The molecule has 14 rings (SSSR count). The molecule has 0 spiro atoms. The largest absolute Gasteiger partial charge is 0.497 e. The van der Waals surface area contributed by atoms with Crippen molar-refractivity contribution in [1.29, 1.82) is 0 Å². The van der Waals surface area contributed by atoms with Crippen molar-refractivity contribution in [2.45, 2.75) is 212 Å². The van der Waals surface area contributed by atoms with E-state index in [1.807, 2.05) is 36.4 Å². The minimum absolute atomic E-state index is 0.0893.